The van der Waals surface area contributed by atoms with E-state index < -0.39 is 17.9 Å². The molecule has 0 aliphatic heterocycles. The van der Waals surface area contributed by atoms with Gasteiger partial charge in [-0.1, -0.05) is 0 Å². The van der Waals surface area contributed by atoms with Crippen molar-refractivity contribution in [1.82, 2.24) is 0 Å². The van der Waals surface area contributed by atoms with Gasteiger partial charge in [0.25, 0.3) is 0 Å². The molecule has 0 heterocycles. The van der Waals surface area contributed by atoms with Gasteiger partial charge in [-0.05, 0) is 18.2 Å². The van der Waals surface area contributed by atoms with Crippen molar-refractivity contribution >= 4 is 17.9 Å². The van der Waals surface area contributed by atoms with E-state index in [9.17, 15) is 14.4 Å². The molecular formula is C9H9EuO9. The summed E-state index contributed by atoms with van der Waals surface area (Å²) in [7, 11) is 0. The van der Waals surface area contributed by atoms with Gasteiger partial charge in [0.2, 0.25) is 0 Å². The summed E-state index contributed by atoms with van der Waals surface area (Å²) >= 11 is 0. The molecule has 1 aromatic carbocycles. The van der Waals surface area contributed by atoms with Crippen molar-refractivity contribution < 1.29 is 95.5 Å². The zero-order valence-corrected chi connectivity index (χ0v) is 11.4. The summed E-state index contributed by atoms with van der Waals surface area (Å²) in [6.07, 6.45) is 0. The van der Waals surface area contributed by atoms with E-state index in [-0.39, 0.29) is 82.5 Å². The maximum absolute atomic E-state index is 10.6. The average molecular weight is 413 g/mol. The van der Waals surface area contributed by atoms with Gasteiger partial charge in [-0.15, -0.1) is 0 Å². The van der Waals surface area contributed by atoms with Gasteiger partial charge in [-0.2, -0.15) is 0 Å². The zero-order chi connectivity index (χ0) is 11.6. The standard InChI is InChI=1S/C9H6O6.Eu.3H2O/c10-7(11)4-1-5(8(12)13)3-6(2-4)9(14)15;;;;/h1-3H,(H,10,11)(H,12,13)(H,14,15);;3*1H2/q;+3;;;/p-3. The SMILES string of the molecule is O=C(O)c1cc(C(=O)O)cc(C(=O)O)c1.[Eu+3].[OH-].[OH-].[OH-]. The van der Waals surface area contributed by atoms with Crippen LogP contribution >= 0.6 is 0 Å². The molecule has 9 nitrogen and oxygen atoms in total. The number of hydrogen-bond donors (Lipinski definition) is 3. The van der Waals surface area contributed by atoms with E-state index in [0.29, 0.717) is 0 Å². The number of carboxylic acids is 3. The van der Waals surface area contributed by atoms with Crippen LogP contribution in [0.15, 0.2) is 18.2 Å². The predicted octanol–water partition coefficient (Wildman–Crippen LogP) is 0.251. The van der Waals surface area contributed by atoms with Crippen LogP contribution in [0.25, 0.3) is 0 Å². The zero-order valence-electron chi connectivity index (χ0n) is 9.02. The smallest absolute Gasteiger partial charge is 0.870 e. The molecular weight excluding hydrogens is 404 g/mol. The molecule has 0 spiro atoms. The monoisotopic (exact) mass is 414 g/mol. The van der Waals surface area contributed by atoms with Crippen LogP contribution in [0.2, 0.25) is 0 Å². The molecule has 10 heteroatoms. The van der Waals surface area contributed by atoms with Crippen molar-refractivity contribution in [2.45, 2.75) is 0 Å². The molecule has 6 N–H and O–H groups in total. The Morgan fingerprint density at radius 1 is 0.632 bits per heavy atom. The van der Waals surface area contributed by atoms with Crippen LogP contribution in [-0.4, -0.2) is 49.7 Å². The Labute approximate surface area is 147 Å². The first-order chi connectivity index (χ1) is 6.91. The number of benzene rings is 1. The fraction of sp³-hybridized carbons (Fsp3) is 0. The van der Waals surface area contributed by atoms with Gasteiger partial charge in [0.05, 0.1) is 16.7 Å². The molecule has 0 fully saturated rings. The number of carbonyl (C=O) groups is 3. The second-order valence-electron chi connectivity index (χ2n) is 2.71. The van der Waals surface area contributed by atoms with Gasteiger partial charge in [0.1, 0.15) is 0 Å². The van der Waals surface area contributed by atoms with E-state index in [1.807, 2.05) is 0 Å². The van der Waals surface area contributed by atoms with Crippen LogP contribution in [0.1, 0.15) is 31.1 Å². The summed E-state index contributed by atoms with van der Waals surface area (Å²) in [6.45, 7) is 0. The minimum absolute atomic E-state index is 0. The van der Waals surface area contributed by atoms with Crippen LogP contribution in [0.3, 0.4) is 0 Å². The van der Waals surface area contributed by atoms with Crippen molar-refractivity contribution in [3.63, 3.8) is 0 Å². The fourth-order valence-electron chi connectivity index (χ4n) is 0.998. The van der Waals surface area contributed by atoms with Crippen LogP contribution in [0, 0.1) is 49.4 Å². The summed E-state index contributed by atoms with van der Waals surface area (Å²) in [4.78, 5) is 31.7. The molecule has 0 aliphatic carbocycles. The topological polar surface area (TPSA) is 202 Å². The van der Waals surface area contributed by atoms with Crippen molar-refractivity contribution in [3.8, 4) is 0 Å². The van der Waals surface area contributed by atoms with Crippen LogP contribution in [-0.2, 0) is 0 Å². The third-order valence-electron chi connectivity index (χ3n) is 1.67. The molecule has 1 aromatic rings. The molecule has 0 aliphatic rings. The summed E-state index contributed by atoms with van der Waals surface area (Å²) in [6, 6.07) is 2.70. The second-order valence-corrected chi connectivity index (χ2v) is 2.71. The Bertz CT molecular complexity index is 378. The van der Waals surface area contributed by atoms with Crippen molar-refractivity contribution in [3.05, 3.63) is 34.9 Å². The van der Waals surface area contributed by atoms with Gasteiger partial charge < -0.3 is 31.7 Å². The van der Waals surface area contributed by atoms with Crippen molar-refractivity contribution in [2.75, 3.05) is 0 Å². The van der Waals surface area contributed by atoms with Gasteiger partial charge in [-0.3, -0.25) is 0 Å². The minimum atomic E-state index is -1.37. The third kappa shape index (κ3) is 7.30. The Morgan fingerprint density at radius 3 is 0.895 bits per heavy atom. The number of aromatic carboxylic acids is 3. The van der Waals surface area contributed by atoms with Crippen LogP contribution in [0.5, 0.6) is 0 Å². The summed E-state index contributed by atoms with van der Waals surface area (Å²) in [5.74, 6) is -4.12. The summed E-state index contributed by atoms with van der Waals surface area (Å²) < 4.78 is 0. The van der Waals surface area contributed by atoms with E-state index in [2.05, 4.69) is 0 Å². The molecule has 0 radical (unpaired) electrons. The first kappa shape index (κ1) is 26.6. The maximum Gasteiger partial charge on any atom is 3.00 e. The minimum Gasteiger partial charge on any atom is -0.870 e. The molecule has 0 saturated heterocycles. The molecule has 0 amide bonds. The number of rotatable bonds is 3. The second kappa shape index (κ2) is 11.0. The Hall–Kier alpha value is -0.906. The maximum atomic E-state index is 10.6. The molecule has 0 saturated carbocycles. The summed E-state index contributed by atoms with van der Waals surface area (Å²) in [5, 5.41) is 25.8. The summed E-state index contributed by atoms with van der Waals surface area (Å²) in [5.41, 5.74) is -1.10. The van der Waals surface area contributed by atoms with Gasteiger partial charge in [0, 0.05) is 0 Å². The Morgan fingerprint density at radius 2 is 0.789 bits per heavy atom. The van der Waals surface area contributed by atoms with E-state index in [4.69, 9.17) is 15.3 Å². The van der Waals surface area contributed by atoms with E-state index in [0.717, 1.165) is 18.2 Å². The first-order valence-electron chi connectivity index (χ1n) is 3.77. The van der Waals surface area contributed by atoms with E-state index in [1.165, 1.54) is 0 Å². The van der Waals surface area contributed by atoms with E-state index >= 15 is 0 Å². The predicted molar refractivity (Wildman–Crippen MR) is 53.1 cm³/mol. The Kier molecular flexibility index (Phi) is 15.4. The van der Waals surface area contributed by atoms with Gasteiger partial charge in [0.15, 0.2) is 0 Å². The number of carboxylic acid groups (broad SMARTS) is 3. The van der Waals surface area contributed by atoms with Gasteiger partial charge in [-0.25, -0.2) is 14.4 Å². The van der Waals surface area contributed by atoms with E-state index in [1.54, 1.807) is 0 Å². The molecule has 1 rings (SSSR count). The molecule has 19 heavy (non-hydrogen) atoms. The molecule has 0 bridgehead atoms. The normalized spacial score (nSPS) is 7.58. The molecule has 106 valence electrons. The fourth-order valence-corrected chi connectivity index (χ4v) is 0.998. The van der Waals surface area contributed by atoms with Crippen molar-refractivity contribution in [2.24, 2.45) is 0 Å². The number of hydrogen-bond acceptors (Lipinski definition) is 6. The first-order valence-corrected chi connectivity index (χ1v) is 3.77. The largest absolute Gasteiger partial charge is 3.00 e. The quantitative estimate of drug-likeness (QED) is 0.621. The van der Waals surface area contributed by atoms with Crippen LogP contribution < -0.4 is 0 Å². The molecule has 0 unspecified atom stereocenters. The average Bonchev–Trinajstić information content (AvgIpc) is 2.16. The molecule has 0 atom stereocenters. The van der Waals surface area contributed by atoms with Crippen molar-refractivity contribution in [1.29, 1.82) is 0 Å². The van der Waals surface area contributed by atoms with Crippen LogP contribution in [0.4, 0.5) is 0 Å². The van der Waals surface area contributed by atoms with Gasteiger partial charge >= 0.3 is 67.3 Å². The molecule has 0 aromatic heterocycles. The third-order valence-corrected chi connectivity index (χ3v) is 1.67. The Balaban J connectivity index is -0.000000281.